The van der Waals surface area contributed by atoms with Gasteiger partial charge in [0.1, 0.15) is 10.6 Å². The summed E-state index contributed by atoms with van der Waals surface area (Å²) < 4.78 is 35.2. The third-order valence-corrected chi connectivity index (χ3v) is 6.17. The van der Waals surface area contributed by atoms with Crippen LogP contribution in [-0.4, -0.2) is 36.4 Å². The Balaban J connectivity index is 1.94. The van der Waals surface area contributed by atoms with E-state index in [1.54, 1.807) is 23.9 Å². The van der Waals surface area contributed by atoms with E-state index in [0.29, 0.717) is 5.75 Å². The largest absolute Gasteiger partial charge is 0.497 e. The van der Waals surface area contributed by atoms with E-state index in [1.165, 1.54) is 37.6 Å². The molecule has 32 heavy (non-hydrogen) atoms. The third-order valence-electron chi connectivity index (χ3n) is 4.75. The number of ether oxygens (including phenoxy) is 1. The molecule has 0 aliphatic carbocycles. The second-order valence-electron chi connectivity index (χ2n) is 6.85. The summed E-state index contributed by atoms with van der Waals surface area (Å²) in [6.45, 7) is 3.71. The average molecular weight is 459 g/mol. The number of benzene rings is 2. The first-order chi connectivity index (χ1) is 15.1. The van der Waals surface area contributed by atoms with E-state index in [1.807, 2.05) is 13.8 Å². The third kappa shape index (κ3) is 4.86. The quantitative estimate of drug-likeness (QED) is 0.300. The summed E-state index contributed by atoms with van der Waals surface area (Å²) in [4.78, 5) is 10.2. The smallest absolute Gasteiger partial charge is 0.270 e. The molecule has 12 heteroatoms. The molecule has 3 rings (SSSR count). The lowest BCUT2D eigenvalue weighted by Gasteiger charge is -2.12. The van der Waals surface area contributed by atoms with E-state index in [9.17, 15) is 18.5 Å². The van der Waals surface area contributed by atoms with Crippen LogP contribution in [0, 0.1) is 24.0 Å². The lowest BCUT2D eigenvalue weighted by Crippen LogP contribution is -2.15. The second-order valence-corrected chi connectivity index (χ2v) is 8.50. The number of methoxy groups -OCH3 is 1. The predicted molar refractivity (Wildman–Crippen MR) is 121 cm³/mol. The van der Waals surface area contributed by atoms with Gasteiger partial charge in [-0.15, -0.1) is 0 Å². The van der Waals surface area contributed by atoms with Gasteiger partial charge in [-0.25, -0.2) is 8.42 Å². The van der Waals surface area contributed by atoms with Crippen LogP contribution in [0.4, 0.5) is 17.1 Å². The minimum absolute atomic E-state index is 0.0760. The monoisotopic (exact) mass is 458 g/mol. The number of aromatic nitrogens is 2. The lowest BCUT2D eigenvalue weighted by molar-refractivity contribution is -0.385. The Morgan fingerprint density at radius 2 is 1.88 bits per heavy atom. The van der Waals surface area contributed by atoms with Gasteiger partial charge in [-0.3, -0.25) is 24.9 Å². The van der Waals surface area contributed by atoms with Crippen molar-refractivity contribution in [3.63, 3.8) is 0 Å². The van der Waals surface area contributed by atoms with Gasteiger partial charge in [-0.1, -0.05) is 0 Å². The van der Waals surface area contributed by atoms with E-state index >= 15 is 0 Å². The highest BCUT2D eigenvalue weighted by Crippen LogP contribution is 2.29. The van der Waals surface area contributed by atoms with Crippen molar-refractivity contribution in [3.8, 4) is 5.75 Å². The van der Waals surface area contributed by atoms with Gasteiger partial charge in [0.15, 0.2) is 0 Å². The van der Waals surface area contributed by atoms with Gasteiger partial charge in [0.2, 0.25) is 0 Å². The fourth-order valence-corrected chi connectivity index (χ4v) is 4.19. The first kappa shape index (κ1) is 22.7. The molecule has 0 radical (unpaired) electrons. The molecule has 0 saturated heterocycles. The first-order valence-corrected chi connectivity index (χ1v) is 10.9. The lowest BCUT2D eigenvalue weighted by atomic mass is 10.2. The van der Waals surface area contributed by atoms with Gasteiger partial charge >= 0.3 is 0 Å². The van der Waals surface area contributed by atoms with Crippen molar-refractivity contribution in [2.75, 3.05) is 17.3 Å². The Kier molecular flexibility index (Phi) is 6.44. The number of non-ortho nitro benzene ring substituents is 1. The van der Waals surface area contributed by atoms with Crippen molar-refractivity contribution in [2.45, 2.75) is 18.7 Å². The maximum atomic E-state index is 13.0. The van der Waals surface area contributed by atoms with Crippen LogP contribution >= 0.6 is 0 Å². The highest BCUT2D eigenvalue weighted by Gasteiger charge is 2.23. The van der Waals surface area contributed by atoms with E-state index in [4.69, 9.17) is 4.74 Å². The number of hydrogen-bond acceptors (Lipinski definition) is 8. The van der Waals surface area contributed by atoms with Crippen LogP contribution in [0.3, 0.4) is 0 Å². The SMILES string of the molecule is COc1ccc(NS(=O)(=O)c2cc([N+](=O)[O-])ccc2N/N=C/c2c(C)nn(C)c2C)cc1. The van der Waals surface area contributed by atoms with Crippen LogP contribution in [0.25, 0.3) is 0 Å². The molecule has 168 valence electrons. The Morgan fingerprint density at radius 3 is 2.44 bits per heavy atom. The van der Waals surface area contributed by atoms with Crippen molar-refractivity contribution in [2.24, 2.45) is 12.1 Å². The zero-order valence-electron chi connectivity index (χ0n) is 17.9. The number of anilines is 2. The summed E-state index contributed by atoms with van der Waals surface area (Å²) >= 11 is 0. The number of sulfonamides is 1. The summed E-state index contributed by atoms with van der Waals surface area (Å²) in [6, 6.07) is 9.69. The van der Waals surface area contributed by atoms with Gasteiger partial charge in [-0.05, 0) is 44.2 Å². The van der Waals surface area contributed by atoms with Crippen molar-refractivity contribution < 1.29 is 18.1 Å². The summed E-state index contributed by atoms with van der Waals surface area (Å²) in [7, 11) is -0.875. The molecule has 3 aromatic rings. The molecule has 1 aromatic heterocycles. The Labute approximate surface area is 184 Å². The number of nitro groups is 1. The molecule has 0 aliphatic rings. The summed E-state index contributed by atoms with van der Waals surface area (Å²) in [5.41, 5.74) is 5.07. The molecule has 0 fully saturated rings. The summed E-state index contributed by atoms with van der Waals surface area (Å²) in [5.74, 6) is 0.556. The highest BCUT2D eigenvalue weighted by atomic mass is 32.2. The van der Waals surface area contributed by atoms with Crippen molar-refractivity contribution in [1.29, 1.82) is 0 Å². The molecule has 0 aliphatic heterocycles. The van der Waals surface area contributed by atoms with E-state index in [-0.39, 0.29) is 22.0 Å². The molecule has 0 saturated carbocycles. The zero-order valence-corrected chi connectivity index (χ0v) is 18.7. The zero-order chi connectivity index (χ0) is 23.5. The van der Waals surface area contributed by atoms with Gasteiger partial charge < -0.3 is 4.74 Å². The molecule has 0 amide bonds. The number of nitrogens with one attached hydrogen (secondary N) is 2. The molecule has 0 unspecified atom stereocenters. The number of aryl methyl sites for hydroxylation is 2. The van der Waals surface area contributed by atoms with Crippen LogP contribution < -0.4 is 14.9 Å². The first-order valence-electron chi connectivity index (χ1n) is 9.37. The van der Waals surface area contributed by atoms with Crippen molar-refractivity contribution in [3.05, 3.63) is 69.5 Å². The molecule has 0 bridgehead atoms. The average Bonchev–Trinajstić information content (AvgIpc) is 2.99. The number of rotatable bonds is 8. The van der Waals surface area contributed by atoms with Gasteiger partial charge in [-0.2, -0.15) is 10.2 Å². The molecule has 0 atom stereocenters. The van der Waals surface area contributed by atoms with Crippen LogP contribution in [0.5, 0.6) is 5.75 Å². The number of nitro benzene ring substituents is 1. The Bertz CT molecular complexity index is 1280. The number of hydrogen-bond donors (Lipinski definition) is 2. The van der Waals surface area contributed by atoms with E-state index < -0.39 is 14.9 Å². The maximum absolute atomic E-state index is 13.0. The molecule has 0 spiro atoms. The minimum atomic E-state index is -4.17. The fourth-order valence-electron chi connectivity index (χ4n) is 2.95. The molecule has 2 aromatic carbocycles. The molecule has 11 nitrogen and oxygen atoms in total. The van der Waals surface area contributed by atoms with Gasteiger partial charge in [0, 0.05) is 36.1 Å². The molecular formula is C20H22N6O5S. The van der Waals surface area contributed by atoms with E-state index in [2.05, 4.69) is 20.3 Å². The predicted octanol–water partition coefficient (Wildman–Crippen LogP) is 3.20. The van der Waals surface area contributed by atoms with Gasteiger partial charge in [0.05, 0.1) is 29.6 Å². The highest BCUT2D eigenvalue weighted by molar-refractivity contribution is 7.92. The second kappa shape index (κ2) is 9.06. The van der Waals surface area contributed by atoms with Crippen LogP contribution in [0.1, 0.15) is 17.0 Å². The Hall–Kier alpha value is -3.93. The summed E-state index contributed by atoms with van der Waals surface area (Å²) in [5, 5.41) is 19.6. The standard InChI is InChI=1S/C20H22N6O5S/c1-13-18(14(2)25(3)23-13)12-21-22-19-10-7-16(26(27)28)11-20(19)32(29,30)24-15-5-8-17(31-4)9-6-15/h5-12,22,24H,1-4H3/b21-12+. The summed E-state index contributed by atoms with van der Waals surface area (Å²) in [6.07, 6.45) is 1.52. The molecular weight excluding hydrogens is 436 g/mol. The number of nitrogens with zero attached hydrogens (tertiary/aromatic N) is 4. The topological polar surface area (TPSA) is 141 Å². The maximum Gasteiger partial charge on any atom is 0.270 e. The van der Waals surface area contributed by atoms with Crippen molar-refractivity contribution >= 4 is 33.3 Å². The number of hydrazone groups is 1. The minimum Gasteiger partial charge on any atom is -0.497 e. The van der Waals surface area contributed by atoms with Crippen LogP contribution in [-0.2, 0) is 17.1 Å². The molecule has 1 heterocycles. The van der Waals surface area contributed by atoms with Crippen LogP contribution in [0.15, 0.2) is 52.5 Å². The van der Waals surface area contributed by atoms with Crippen LogP contribution in [0.2, 0.25) is 0 Å². The van der Waals surface area contributed by atoms with Gasteiger partial charge in [0.25, 0.3) is 15.7 Å². The van der Waals surface area contributed by atoms with E-state index in [0.717, 1.165) is 23.0 Å². The normalized spacial score (nSPS) is 11.5. The fraction of sp³-hybridized carbons (Fsp3) is 0.200. The molecule has 2 N–H and O–H groups in total. The van der Waals surface area contributed by atoms with Crippen molar-refractivity contribution in [1.82, 2.24) is 9.78 Å². The Morgan fingerprint density at radius 1 is 1.19 bits per heavy atom.